The molecule has 0 aliphatic heterocycles. The van der Waals surface area contributed by atoms with Crippen LogP contribution in [0.2, 0.25) is 0 Å². The Morgan fingerprint density at radius 1 is 0.800 bits per heavy atom. The fourth-order valence-electron chi connectivity index (χ4n) is 4.44. The molecule has 3 N–H and O–H groups in total. The summed E-state index contributed by atoms with van der Waals surface area (Å²) in [5.74, 6) is 0.981. The fraction of sp³-hybridized carbons (Fsp3) is 0.182. The Labute approximate surface area is 238 Å². The summed E-state index contributed by atoms with van der Waals surface area (Å²) in [6, 6.07) is 32.5. The standard InChI is InChI=1S/C33H32N2O4S/c1-23-7-5-6-10-27(23)22-39-29-13-11-24(18-30(29)38-21-25-8-3-2-4-9-25)15-16-34-20-26-12-14-31-28(17-26)19-32(40-31)33(36)35-37/h2-14,17-19,34,37H,15-16,20-22H2,1H3,(H,35,36). The molecule has 1 heterocycles. The molecule has 40 heavy (non-hydrogen) atoms. The first-order valence-corrected chi connectivity index (χ1v) is 14.1. The molecule has 204 valence electrons. The van der Waals surface area contributed by atoms with E-state index in [0.717, 1.165) is 56.8 Å². The van der Waals surface area contributed by atoms with Crippen molar-refractivity contribution in [2.45, 2.75) is 33.1 Å². The predicted octanol–water partition coefficient (Wildman–Crippen LogP) is 6.82. The van der Waals surface area contributed by atoms with E-state index in [1.165, 1.54) is 16.9 Å². The minimum Gasteiger partial charge on any atom is -0.485 e. The molecule has 0 aliphatic carbocycles. The topological polar surface area (TPSA) is 79.8 Å². The Morgan fingerprint density at radius 3 is 2.40 bits per heavy atom. The third kappa shape index (κ3) is 7.07. The van der Waals surface area contributed by atoms with Gasteiger partial charge in [-0.25, -0.2) is 5.48 Å². The number of ether oxygens (including phenoxy) is 2. The maximum atomic E-state index is 11.7. The van der Waals surface area contributed by atoms with Gasteiger partial charge in [-0.2, -0.15) is 0 Å². The number of hydrogen-bond donors (Lipinski definition) is 3. The number of carbonyl (C=O) groups is 1. The lowest BCUT2D eigenvalue weighted by Gasteiger charge is -2.15. The van der Waals surface area contributed by atoms with Crippen molar-refractivity contribution in [3.8, 4) is 11.5 Å². The summed E-state index contributed by atoms with van der Waals surface area (Å²) < 4.78 is 13.5. The van der Waals surface area contributed by atoms with Gasteiger partial charge in [-0.1, -0.05) is 66.7 Å². The van der Waals surface area contributed by atoms with Crippen molar-refractivity contribution in [2.75, 3.05) is 6.54 Å². The number of thiophene rings is 1. The normalized spacial score (nSPS) is 10.9. The summed E-state index contributed by atoms with van der Waals surface area (Å²) in [6.45, 7) is 4.54. The smallest absolute Gasteiger partial charge is 0.284 e. The van der Waals surface area contributed by atoms with Gasteiger partial charge in [0.2, 0.25) is 0 Å². The Bertz CT molecular complexity index is 1580. The van der Waals surface area contributed by atoms with Gasteiger partial charge in [0.15, 0.2) is 11.5 Å². The van der Waals surface area contributed by atoms with Crippen LogP contribution in [0.5, 0.6) is 11.5 Å². The van der Waals surface area contributed by atoms with E-state index < -0.39 is 5.91 Å². The van der Waals surface area contributed by atoms with Gasteiger partial charge in [-0.05, 0) is 83.4 Å². The molecule has 0 fully saturated rings. The largest absolute Gasteiger partial charge is 0.485 e. The molecule has 5 aromatic rings. The summed E-state index contributed by atoms with van der Waals surface area (Å²) in [5, 5.41) is 13.4. The van der Waals surface area contributed by atoms with E-state index in [1.807, 2.05) is 42.5 Å². The molecule has 1 amide bonds. The van der Waals surface area contributed by atoms with Crippen LogP contribution in [0.15, 0.2) is 97.1 Å². The van der Waals surface area contributed by atoms with Crippen LogP contribution in [0.25, 0.3) is 10.1 Å². The van der Waals surface area contributed by atoms with Crippen LogP contribution < -0.4 is 20.3 Å². The second-order valence-electron chi connectivity index (χ2n) is 9.62. The highest BCUT2D eigenvalue weighted by Crippen LogP contribution is 2.31. The number of hydrogen-bond acceptors (Lipinski definition) is 6. The Hall–Kier alpha value is -4.17. The highest BCUT2D eigenvalue weighted by Gasteiger charge is 2.11. The lowest BCUT2D eigenvalue weighted by Crippen LogP contribution is -2.17. The van der Waals surface area contributed by atoms with Crippen molar-refractivity contribution in [3.63, 3.8) is 0 Å². The molecule has 0 bridgehead atoms. The maximum absolute atomic E-state index is 11.7. The number of benzene rings is 4. The number of carbonyl (C=O) groups excluding carboxylic acids is 1. The molecule has 0 saturated heterocycles. The van der Waals surface area contributed by atoms with Crippen molar-refractivity contribution in [1.29, 1.82) is 0 Å². The van der Waals surface area contributed by atoms with Crippen LogP contribution in [-0.2, 0) is 26.2 Å². The molecule has 0 saturated carbocycles. The van der Waals surface area contributed by atoms with E-state index in [-0.39, 0.29) is 0 Å². The number of fused-ring (bicyclic) bond motifs is 1. The average Bonchev–Trinajstić information content (AvgIpc) is 3.42. The lowest BCUT2D eigenvalue weighted by atomic mass is 10.1. The molecule has 7 heteroatoms. The molecule has 1 aromatic heterocycles. The van der Waals surface area contributed by atoms with E-state index in [2.05, 4.69) is 60.8 Å². The molecule has 6 nitrogen and oxygen atoms in total. The molecule has 4 aromatic carbocycles. The molecule has 5 rings (SSSR count). The number of nitrogens with one attached hydrogen (secondary N) is 2. The van der Waals surface area contributed by atoms with Crippen LogP contribution >= 0.6 is 11.3 Å². The quantitative estimate of drug-likeness (QED) is 0.0899. The van der Waals surface area contributed by atoms with Gasteiger partial charge in [-0.3, -0.25) is 10.0 Å². The Morgan fingerprint density at radius 2 is 1.57 bits per heavy atom. The van der Waals surface area contributed by atoms with Gasteiger partial charge in [0.1, 0.15) is 13.2 Å². The van der Waals surface area contributed by atoms with E-state index in [9.17, 15) is 4.79 Å². The number of amides is 1. The van der Waals surface area contributed by atoms with Gasteiger partial charge < -0.3 is 14.8 Å². The molecular weight excluding hydrogens is 520 g/mol. The zero-order chi connectivity index (χ0) is 27.7. The third-order valence-electron chi connectivity index (χ3n) is 6.72. The van der Waals surface area contributed by atoms with Crippen LogP contribution in [0, 0.1) is 6.92 Å². The molecular formula is C33H32N2O4S. The molecule has 0 atom stereocenters. The zero-order valence-electron chi connectivity index (χ0n) is 22.4. The van der Waals surface area contributed by atoms with E-state index >= 15 is 0 Å². The summed E-state index contributed by atoms with van der Waals surface area (Å²) in [7, 11) is 0. The zero-order valence-corrected chi connectivity index (χ0v) is 23.2. The summed E-state index contributed by atoms with van der Waals surface area (Å²) in [4.78, 5) is 12.2. The van der Waals surface area contributed by atoms with Gasteiger partial charge in [0.25, 0.3) is 5.91 Å². The predicted molar refractivity (Wildman–Crippen MR) is 159 cm³/mol. The molecule has 0 spiro atoms. The van der Waals surface area contributed by atoms with E-state index in [1.54, 1.807) is 11.5 Å². The van der Waals surface area contributed by atoms with Gasteiger partial charge in [0, 0.05) is 11.2 Å². The van der Waals surface area contributed by atoms with E-state index in [4.69, 9.17) is 14.7 Å². The molecule has 0 radical (unpaired) electrons. The summed E-state index contributed by atoms with van der Waals surface area (Å²) in [5.41, 5.74) is 7.44. The lowest BCUT2D eigenvalue weighted by molar-refractivity contribution is 0.0711. The Balaban J connectivity index is 1.21. The second-order valence-corrected chi connectivity index (χ2v) is 10.7. The van der Waals surface area contributed by atoms with Crippen LogP contribution in [0.1, 0.15) is 37.5 Å². The van der Waals surface area contributed by atoms with Crippen molar-refractivity contribution < 1.29 is 19.5 Å². The SMILES string of the molecule is Cc1ccccc1COc1ccc(CCNCc2ccc3sc(C(=O)NO)cc3c2)cc1OCc1ccccc1. The van der Waals surface area contributed by atoms with Gasteiger partial charge >= 0.3 is 0 Å². The van der Waals surface area contributed by atoms with Crippen LogP contribution in [0.4, 0.5) is 0 Å². The number of rotatable bonds is 12. The van der Waals surface area contributed by atoms with Crippen molar-refractivity contribution >= 4 is 27.3 Å². The van der Waals surface area contributed by atoms with Gasteiger partial charge in [0.05, 0.1) is 4.88 Å². The molecule has 0 aliphatic rings. The first kappa shape index (κ1) is 27.4. The minimum atomic E-state index is -0.486. The third-order valence-corrected chi connectivity index (χ3v) is 7.83. The van der Waals surface area contributed by atoms with Crippen molar-refractivity contribution in [1.82, 2.24) is 10.8 Å². The highest BCUT2D eigenvalue weighted by atomic mass is 32.1. The average molecular weight is 553 g/mol. The van der Waals surface area contributed by atoms with Crippen molar-refractivity contribution in [2.24, 2.45) is 0 Å². The fourth-order valence-corrected chi connectivity index (χ4v) is 5.37. The summed E-state index contributed by atoms with van der Waals surface area (Å²) >= 11 is 1.36. The van der Waals surface area contributed by atoms with E-state index in [0.29, 0.717) is 24.6 Å². The van der Waals surface area contributed by atoms with Gasteiger partial charge in [-0.15, -0.1) is 11.3 Å². The van der Waals surface area contributed by atoms with Crippen LogP contribution in [-0.4, -0.2) is 17.7 Å². The number of aryl methyl sites for hydroxylation is 1. The second kappa shape index (κ2) is 13.3. The van der Waals surface area contributed by atoms with Crippen LogP contribution in [0.3, 0.4) is 0 Å². The van der Waals surface area contributed by atoms with Crippen molar-refractivity contribution in [3.05, 3.63) is 130 Å². The first-order valence-electron chi connectivity index (χ1n) is 13.2. The number of hydroxylamine groups is 1. The first-order chi connectivity index (χ1) is 19.6. The monoisotopic (exact) mass is 552 g/mol. The summed E-state index contributed by atoms with van der Waals surface area (Å²) in [6.07, 6.45) is 0.835. The molecule has 0 unspecified atom stereocenters. The minimum absolute atomic E-state index is 0.468. The maximum Gasteiger partial charge on any atom is 0.284 e. The highest BCUT2D eigenvalue weighted by molar-refractivity contribution is 7.20. The Kier molecular flexibility index (Phi) is 9.08.